The van der Waals surface area contributed by atoms with Crippen molar-refractivity contribution >= 4 is 10.0 Å². The molecule has 0 spiro atoms. The molecule has 1 aromatic rings. The monoisotopic (exact) mass is 300 g/mol. The van der Waals surface area contributed by atoms with Gasteiger partial charge in [-0.3, -0.25) is 0 Å². The van der Waals surface area contributed by atoms with Gasteiger partial charge in [0.05, 0.1) is 4.90 Å². The van der Waals surface area contributed by atoms with Crippen molar-refractivity contribution in [3.05, 3.63) is 29.6 Å². The molecule has 1 aromatic carbocycles. The molecule has 1 fully saturated rings. The molecule has 4 nitrogen and oxygen atoms in total. The molecule has 1 aliphatic carbocycles. The van der Waals surface area contributed by atoms with E-state index in [4.69, 9.17) is 0 Å². The molecule has 1 saturated carbocycles. The van der Waals surface area contributed by atoms with E-state index >= 15 is 0 Å². The Morgan fingerprint density at radius 3 is 2.70 bits per heavy atom. The summed E-state index contributed by atoms with van der Waals surface area (Å²) >= 11 is 0. The number of sulfonamides is 1. The van der Waals surface area contributed by atoms with Crippen molar-refractivity contribution in [2.45, 2.75) is 44.2 Å². The number of hydrogen-bond donors (Lipinski definition) is 2. The second-order valence-corrected chi connectivity index (χ2v) is 6.88. The van der Waals surface area contributed by atoms with E-state index in [9.17, 15) is 12.8 Å². The van der Waals surface area contributed by atoms with Gasteiger partial charge in [-0.1, -0.05) is 20.3 Å². The van der Waals surface area contributed by atoms with Crippen LogP contribution in [0.25, 0.3) is 0 Å². The smallest absolute Gasteiger partial charge is 0.240 e. The normalized spacial score (nSPS) is 21.9. The highest BCUT2D eigenvalue weighted by Gasteiger charge is 2.38. The maximum atomic E-state index is 13.6. The molecule has 2 rings (SSSR count). The summed E-state index contributed by atoms with van der Waals surface area (Å²) in [5.41, 5.74) is 0.373. The predicted octanol–water partition coefficient (Wildman–Crippen LogP) is 2.01. The van der Waals surface area contributed by atoms with Crippen molar-refractivity contribution < 1.29 is 12.8 Å². The average molecular weight is 300 g/mol. The largest absolute Gasteiger partial charge is 0.313 e. The van der Waals surface area contributed by atoms with Crippen LogP contribution in [-0.4, -0.2) is 21.0 Å². The van der Waals surface area contributed by atoms with E-state index in [1.165, 1.54) is 18.2 Å². The molecule has 2 atom stereocenters. The lowest BCUT2D eigenvalue weighted by molar-refractivity contribution is 0.572. The Hall–Kier alpha value is -0.980. The van der Waals surface area contributed by atoms with Gasteiger partial charge in [0.2, 0.25) is 10.0 Å². The lowest BCUT2D eigenvalue weighted by Gasteiger charge is -2.09. The van der Waals surface area contributed by atoms with Gasteiger partial charge >= 0.3 is 0 Å². The van der Waals surface area contributed by atoms with Gasteiger partial charge in [0.1, 0.15) is 5.82 Å². The van der Waals surface area contributed by atoms with Crippen molar-refractivity contribution in [2.24, 2.45) is 5.92 Å². The molecule has 0 radical (unpaired) electrons. The highest BCUT2D eigenvalue weighted by Crippen LogP contribution is 2.34. The van der Waals surface area contributed by atoms with E-state index in [1.54, 1.807) is 0 Å². The molecule has 0 aliphatic heterocycles. The predicted molar refractivity (Wildman–Crippen MR) is 76.3 cm³/mol. The van der Waals surface area contributed by atoms with E-state index in [0.717, 1.165) is 12.8 Å². The second kappa shape index (κ2) is 6.20. The van der Waals surface area contributed by atoms with Gasteiger partial charge in [0.25, 0.3) is 0 Å². The number of rotatable bonds is 7. The molecule has 0 saturated heterocycles. The average Bonchev–Trinajstić information content (AvgIpc) is 3.15. The first-order valence-corrected chi connectivity index (χ1v) is 8.47. The Morgan fingerprint density at radius 1 is 1.35 bits per heavy atom. The van der Waals surface area contributed by atoms with E-state index in [1.807, 2.05) is 13.8 Å². The van der Waals surface area contributed by atoms with Crippen LogP contribution in [-0.2, 0) is 16.6 Å². The maximum Gasteiger partial charge on any atom is 0.240 e. The summed E-state index contributed by atoms with van der Waals surface area (Å²) in [7, 11) is -3.55. The molecule has 0 heterocycles. The van der Waals surface area contributed by atoms with Crippen LogP contribution in [0.3, 0.4) is 0 Å². The Kier molecular flexibility index (Phi) is 4.78. The minimum atomic E-state index is -3.55. The van der Waals surface area contributed by atoms with Crippen molar-refractivity contribution in [3.63, 3.8) is 0 Å². The van der Waals surface area contributed by atoms with Crippen LogP contribution in [0.15, 0.2) is 23.1 Å². The first-order valence-electron chi connectivity index (χ1n) is 6.99. The lowest BCUT2D eigenvalue weighted by Crippen LogP contribution is -2.27. The van der Waals surface area contributed by atoms with Gasteiger partial charge in [-0.05, 0) is 37.1 Å². The number of halogens is 1. The topological polar surface area (TPSA) is 58.2 Å². The van der Waals surface area contributed by atoms with E-state index in [2.05, 4.69) is 10.0 Å². The molecule has 1 aliphatic rings. The molecule has 0 amide bonds. The van der Waals surface area contributed by atoms with Gasteiger partial charge in [0.15, 0.2) is 0 Å². The Balaban J connectivity index is 2.14. The van der Waals surface area contributed by atoms with Crippen molar-refractivity contribution in [1.29, 1.82) is 0 Å². The first-order chi connectivity index (χ1) is 9.47. The van der Waals surface area contributed by atoms with Gasteiger partial charge in [-0.2, -0.15) is 0 Å². The summed E-state index contributed by atoms with van der Waals surface area (Å²) in [6, 6.07) is 3.97. The van der Waals surface area contributed by atoms with Crippen LogP contribution >= 0.6 is 0 Å². The number of nitrogens with one attached hydrogen (secondary N) is 2. The fourth-order valence-corrected chi connectivity index (χ4v) is 3.59. The zero-order chi connectivity index (χ0) is 14.8. The van der Waals surface area contributed by atoms with Crippen LogP contribution in [0.5, 0.6) is 0 Å². The summed E-state index contributed by atoms with van der Waals surface area (Å²) in [5.74, 6) is 0.0502. The maximum absolute atomic E-state index is 13.6. The zero-order valence-corrected chi connectivity index (χ0v) is 12.6. The van der Waals surface area contributed by atoms with Crippen LogP contribution in [0.4, 0.5) is 4.39 Å². The van der Waals surface area contributed by atoms with Gasteiger partial charge in [0, 0.05) is 18.2 Å². The van der Waals surface area contributed by atoms with Gasteiger partial charge in [-0.25, -0.2) is 17.5 Å². The Bertz CT molecular complexity index is 575. The Morgan fingerprint density at radius 2 is 2.10 bits per heavy atom. The third-order valence-corrected chi connectivity index (χ3v) is 5.13. The van der Waals surface area contributed by atoms with E-state index < -0.39 is 10.0 Å². The fourth-order valence-electron chi connectivity index (χ4n) is 2.22. The summed E-state index contributed by atoms with van der Waals surface area (Å²) in [6.45, 7) is 4.99. The third kappa shape index (κ3) is 3.56. The zero-order valence-electron chi connectivity index (χ0n) is 11.8. The number of benzene rings is 1. The molecule has 2 unspecified atom stereocenters. The minimum absolute atomic E-state index is 0.0345. The lowest BCUT2D eigenvalue weighted by atomic mass is 10.2. The van der Waals surface area contributed by atoms with Crippen LogP contribution < -0.4 is 10.0 Å². The molecule has 6 heteroatoms. The molecular weight excluding hydrogens is 279 g/mol. The minimum Gasteiger partial charge on any atom is -0.313 e. The quantitative estimate of drug-likeness (QED) is 0.810. The molecular formula is C14H21FN2O2S. The molecule has 0 aromatic heterocycles. The molecule has 0 bridgehead atoms. The van der Waals surface area contributed by atoms with Gasteiger partial charge in [-0.15, -0.1) is 0 Å². The summed E-state index contributed by atoms with van der Waals surface area (Å²) in [4.78, 5) is 0.133. The van der Waals surface area contributed by atoms with Crippen molar-refractivity contribution in [1.82, 2.24) is 10.0 Å². The van der Waals surface area contributed by atoms with Crippen molar-refractivity contribution in [3.8, 4) is 0 Å². The fraction of sp³-hybridized carbons (Fsp3) is 0.571. The summed E-state index contributed by atoms with van der Waals surface area (Å²) < 4.78 is 40.8. The van der Waals surface area contributed by atoms with Crippen molar-refractivity contribution in [2.75, 3.05) is 6.54 Å². The Labute approximate surface area is 119 Å². The highest BCUT2D eigenvalue weighted by atomic mass is 32.2. The van der Waals surface area contributed by atoms with Crippen LogP contribution in [0, 0.1) is 11.7 Å². The number of hydrogen-bond acceptors (Lipinski definition) is 3. The summed E-state index contributed by atoms with van der Waals surface area (Å²) in [5, 5.41) is 3.00. The van der Waals surface area contributed by atoms with E-state index in [0.29, 0.717) is 24.6 Å². The third-order valence-electron chi connectivity index (χ3n) is 3.65. The standard InChI is InChI=1S/C14H21FN2O2S/c1-3-10-8-14(10)17-20(18,19)12-5-6-13(15)11(7-12)9-16-4-2/h5-7,10,14,16-17H,3-4,8-9H2,1-2H3. The molecule has 112 valence electrons. The van der Waals surface area contributed by atoms with E-state index in [-0.39, 0.29) is 16.8 Å². The highest BCUT2D eigenvalue weighted by molar-refractivity contribution is 7.89. The second-order valence-electron chi connectivity index (χ2n) is 5.17. The first kappa shape index (κ1) is 15.4. The van der Waals surface area contributed by atoms with Gasteiger partial charge < -0.3 is 5.32 Å². The van der Waals surface area contributed by atoms with Crippen LogP contribution in [0.2, 0.25) is 0 Å². The molecule has 2 N–H and O–H groups in total. The van der Waals surface area contributed by atoms with Crippen LogP contribution in [0.1, 0.15) is 32.3 Å². The summed E-state index contributed by atoms with van der Waals surface area (Å²) in [6.07, 6.45) is 1.86. The molecule has 20 heavy (non-hydrogen) atoms. The SMILES string of the molecule is CCNCc1cc(S(=O)(=O)NC2CC2CC)ccc1F.